The molecule has 0 spiro atoms. The van der Waals surface area contributed by atoms with Gasteiger partial charge in [-0.25, -0.2) is 12.7 Å². The molecule has 0 unspecified atom stereocenters. The number of aryl methyl sites for hydroxylation is 1. The number of ether oxygens (including phenoxy) is 2. The van der Waals surface area contributed by atoms with E-state index >= 15 is 0 Å². The van der Waals surface area contributed by atoms with Crippen LogP contribution in [-0.4, -0.2) is 64.3 Å². The number of carbonyl (C=O) groups is 1. The Hall–Kier alpha value is -1.64. The molecule has 2 rings (SSSR count). The van der Waals surface area contributed by atoms with Crippen LogP contribution in [0.15, 0.2) is 24.3 Å². The molecular weight excluding hydrogens is 332 g/mol. The zero-order valence-corrected chi connectivity index (χ0v) is 15.0. The van der Waals surface area contributed by atoms with Gasteiger partial charge in [-0.1, -0.05) is 17.7 Å². The van der Waals surface area contributed by atoms with Gasteiger partial charge in [-0.05, 0) is 19.1 Å². The monoisotopic (exact) mass is 356 g/mol. The van der Waals surface area contributed by atoms with E-state index in [4.69, 9.17) is 9.47 Å². The predicted octanol–water partition coefficient (Wildman–Crippen LogP) is 0.396. The zero-order valence-electron chi connectivity index (χ0n) is 14.2. The molecule has 0 aromatic heterocycles. The van der Waals surface area contributed by atoms with Crippen molar-refractivity contribution in [2.75, 3.05) is 39.7 Å². The predicted molar refractivity (Wildman–Crippen MR) is 90.4 cm³/mol. The van der Waals surface area contributed by atoms with Gasteiger partial charge in [-0.3, -0.25) is 4.79 Å². The molecule has 24 heavy (non-hydrogen) atoms. The zero-order chi connectivity index (χ0) is 17.7. The molecular formula is C16H24N2O5S. The molecule has 0 saturated carbocycles. The van der Waals surface area contributed by atoms with Gasteiger partial charge in [0, 0.05) is 20.0 Å². The maximum Gasteiger partial charge on any atom is 0.258 e. The molecule has 0 radical (unpaired) electrons. The third-order valence-corrected chi connectivity index (χ3v) is 5.88. The van der Waals surface area contributed by atoms with E-state index in [1.54, 1.807) is 12.1 Å². The van der Waals surface area contributed by atoms with Crippen molar-refractivity contribution in [1.29, 1.82) is 0 Å². The summed E-state index contributed by atoms with van der Waals surface area (Å²) in [5, 5.41) is 2.80. The molecule has 0 aliphatic carbocycles. The first-order valence-electron chi connectivity index (χ1n) is 7.74. The Labute approximate surface area is 143 Å². The van der Waals surface area contributed by atoms with E-state index in [-0.39, 0.29) is 30.2 Å². The highest BCUT2D eigenvalue weighted by Gasteiger charge is 2.34. The molecule has 1 aromatic rings. The van der Waals surface area contributed by atoms with E-state index in [0.717, 1.165) is 5.56 Å². The SMILES string of the molecule is Cc1ccc(OCC(=O)N[C@H]2COC[C@H]2CS(=O)(=O)N(C)C)cc1. The Kier molecular flexibility index (Phi) is 6.20. The molecule has 1 aliphatic rings. The molecule has 0 bridgehead atoms. The second-order valence-electron chi connectivity index (χ2n) is 6.13. The van der Waals surface area contributed by atoms with Crippen LogP contribution in [0.3, 0.4) is 0 Å². The summed E-state index contributed by atoms with van der Waals surface area (Å²) in [6.45, 7) is 2.48. The average Bonchev–Trinajstić information content (AvgIpc) is 2.93. The Morgan fingerprint density at radius 1 is 1.29 bits per heavy atom. The number of nitrogens with zero attached hydrogens (tertiary/aromatic N) is 1. The Balaban J connectivity index is 1.85. The van der Waals surface area contributed by atoms with Gasteiger partial charge in [-0.2, -0.15) is 0 Å². The quantitative estimate of drug-likeness (QED) is 0.764. The number of carbonyl (C=O) groups excluding carboxylic acids is 1. The summed E-state index contributed by atoms with van der Waals surface area (Å²) in [5.41, 5.74) is 1.11. The molecule has 2 atom stereocenters. The molecule has 7 nitrogen and oxygen atoms in total. The number of sulfonamides is 1. The van der Waals surface area contributed by atoms with E-state index in [2.05, 4.69) is 5.32 Å². The number of hydrogen-bond donors (Lipinski definition) is 1. The van der Waals surface area contributed by atoms with Crippen LogP contribution in [0.1, 0.15) is 5.56 Å². The molecule has 1 amide bonds. The van der Waals surface area contributed by atoms with Crippen LogP contribution in [0.5, 0.6) is 5.75 Å². The van der Waals surface area contributed by atoms with Gasteiger partial charge in [0.1, 0.15) is 5.75 Å². The summed E-state index contributed by atoms with van der Waals surface area (Å²) in [5.74, 6) is 0.00763. The topological polar surface area (TPSA) is 84.9 Å². The van der Waals surface area contributed by atoms with E-state index in [9.17, 15) is 13.2 Å². The van der Waals surface area contributed by atoms with Crippen molar-refractivity contribution in [2.24, 2.45) is 5.92 Å². The minimum absolute atomic E-state index is 0.0518. The van der Waals surface area contributed by atoms with Gasteiger partial charge < -0.3 is 14.8 Å². The number of rotatable bonds is 7. The third kappa shape index (κ3) is 5.19. The van der Waals surface area contributed by atoms with Crippen molar-refractivity contribution in [2.45, 2.75) is 13.0 Å². The van der Waals surface area contributed by atoms with Crippen LogP contribution in [0.2, 0.25) is 0 Å². The largest absolute Gasteiger partial charge is 0.484 e. The minimum atomic E-state index is -3.34. The third-order valence-electron chi connectivity index (χ3n) is 3.92. The Morgan fingerprint density at radius 2 is 1.96 bits per heavy atom. The van der Waals surface area contributed by atoms with Crippen LogP contribution in [-0.2, 0) is 19.6 Å². The standard InChI is InChI=1S/C16H24N2O5S/c1-12-4-6-14(7-5-12)23-10-16(19)17-15-9-22-8-13(15)11-24(20,21)18(2)3/h4-7,13,15H,8-11H2,1-3H3,(H,17,19)/t13-,15-/m0/s1. The maximum absolute atomic E-state index is 12.0. The van der Waals surface area contributed by atoms with E-state index < -0.39 is 10.0 Å². The fourth-order valence-corrected chi connectivity index (χ4v) is 3.54. The van der Waals surface area contributed by atoms with Gasteiger partial charge in [0.2, 0.25) is 10.0 Å². The lowest BCUT2D eigenvalue weighted by molar-refractivity contribution is -0.124. The Bertz CT molecular complexity index is 658. The van der Waals surface area contributed by atoms with E-state index in [1.165, 1.54) is 18.4 Å². The number of amides is 1. The number of benzene rings is 1. The summed E-state index contributed by atoms with van der Waals surface area (Å²) in [4.78, 5) is 12.0. The van der Waals surface area contributed by atoms with Gasteiger partial charge in [-0.15, -0.1) is 0 Å². The van der Waals surface area contributed by atoms with E-state index in [0.29, 0.717) is 19.0 Å². The lowest BCUT2D eigenvalue weighted by Crippen LogP contribution is -2.45. The minimum Gasteiger partial charge on any atom is -0.484 e. The van der Waals surface area contributed by atoms with Gasteiger partial charge in [0.25, 0.3) is 5.91 Å². The van der Waals surface area contributed by atoms with Crippen molar-refractivity contribution in [3.8, 4) is 5.75 Å². The van der Waals surface area contributed by atoms with Crippen LogP contribution in [0, 0.1) is 12.8 Å². The lowest BCUT2D eigenvalue weighted by atomic mass is 10.1. The lowest BCUT2D eigenvalue weighted by Gasteiger charge is -2.21. The van der Waals surface area contributed by atoms with Crippen molar-refractivity contribution in [3.63, 3.8) is 0 Å². The maximum atomic E-state index is 12.0. The van der Waals surface area contributed by atoms with Crippen molar-refractivity contribution < 1.29 is 22.7 Å². The van der Waals surface area contributed by atoms with E-state index in [1.807, 2.05) is 19.1 Å². The van der Waals surface area contributed by atoms with Crippen LogP contribution >= 0.6 is 0 Å². The van der Waals surface area contributed by atoms with Gasteiger partial charge in [0.05, 0.1) is 25.0 Å². The molecule has 1 aliphatic heterocycles. The highest BCUT2D eigenvalue weighted by Crippen LogP contribution is 2.17. The first kappa shape index (κ1) is 18.7. The summed E-state index contributed by atoms with van der Waals surface area (Å²) >= 11 is 0. The van der Waals surface area contributed by atoms with Gasteiger partial charge >= 0.3 is 0 Å². The average molecular weight is 356 g/mol. The Morgan fingerprint density at radius 3 is 2.58 bits per heavy atom. The smallest absolute Gasteiger partial charge is 0.258 e. The molecule has 1 fully saturated rings. The fraction of sp³-hybridized carbons (Fsp3) is 0.562. The number of hydrogen-bond acceptors (Lipinski definition) is 5. The fourth-order valence-electron chi connectivity index (χ4n) is 2.37. The summed E-state index contributed by atoms with van der Waals surface area (Å²) in [6.07, 6.45) is 0. The normalized spacial score (nSPS) is 21.0. The molecule has 1 aromatic carbocycles. The molecule has 8 heteroatoms. The summed E-state index contributed by atoms with van der Waals surface area (Å²) in [7, 11) is -0.351. The second kappa shape index (κ2) is 7.96. The second-order valence-corrected chi connectivity index (χ2v) is 8.36. The molecule has 134 valence electrons. The number of nitrogens with one attached hydrogen (secondary N) is 1. The van der Waals surface area contributed by atoms with Crippen LogP contribution in [0.4, 0.5) is 0 Å². The first-order valence-corrected chi connectivity index (χ1v) is 9.35. The van der Waals surface area contributed by atoms with Crippen molar-refractivity contribution >= 4 is 15.9 Å². The highest BCUT2D eigenvalue weighted by atomic mass is 32.2. The summed E-state index contributed by atoms with van der Waals surface area (Å²) < 4.78 is 35.9. The molecule has 1 heterocycles. The van der Waals surface area contributed by atoms with Crippen molar-refractivity contribution in [3.05, 3.63) is 29.8 Å². The first-order chi connectivity index (χ1) is 11.3. The van der Waals surface area contributed by atoms with Crippen LogP contribution < -0.4 is 10.1 Å². The molecule has 1 N–H and O–H groups in total. The van der Waals surface area contributed by atoms with Crippen LogP contribution in [0.25, 0.3) is 0 Å². The summed E-state index contributed by atoms with van der Waals surface area (Å²) in [6, 6.07) is 7.08. The molecule has 1 saturated heterocycles. The van der Waals surface area contributed by atoms with Gasteiger partial charge in [0.15, 0.2) is 6.61 Å². The van der Waals surface area contributed by atoms with Crippen molar-refractivity contribution in [1.82, 2.24) is 9.62 Å². The highest BCUT2D eigenvalue weighted by molar-refractivity contribution is 7.89.